The molecule has 0 fully saturated rings. The van der Waals surface area contributed by atoms with Crippen molar-refractivity contribution in [2.75, 3.05) is 5.32 Å². The second-order valence-electron chi connectivity index (χ2n) is 4.65. The Hall–Kier alpha value is -2.23. The Morgan fingerprint density at radius 3 is 2.83 bits per heavy atom. The van der Waals surface area contributed by atoms with Crippen LogP contribution in [0.15, 0.2) is 56.7 Å². The van der Waals surface area contributed by atoms with E-state index in [2.05, 4.69) is 25.7 Å². The van der Waals surface area contributed by atoms with E-state index in [0.717, 1.165) is 20.0 Å². The second-order valence-corrected chi connectivity index (χ2v) is 7.79. The third kappa shape index (κ3) is 3.64. The van der Waals surface area contributed by atoms with E-state index >= 15 is 0 Å². The van der Waals surface area contributed by atoms with Gasteiger partial charge in [0.15, 0.2) is 10.2 Å². The van der Waals surface area contributed by atoms with Crippen molar-refractivity contribution in [3.8, 4) is 10.8 Å². The Balaban J connectivity index is 1.36. The highest BCUT2D eigenvalue weighted by molar-refractivity contribution is 8.00. The smallest absolute Gasteiger partial charge is 0.268 e. The van der Waals surface area contributed by atoms with Crippen LogP contribution in [-0.4, -0.2) is 20.3 Å². The first kappa shape index (κ1) is 15.3. The zero-order valence-electron chi connectivity index (χ0n) is 12.2. The van der Waals surface area contributed by atoms with E-state index in [1.165, 1.54) is 23.1 Å². The fourth-order valence-corrected chi connectivity index (χ4v) is 4.16. The van der Waals surface area contributed by atoms with E-state index in [-0.39, 0.29) is 0 Å². The van der Waals surface area contributed by atoms with Gasteiger partial charge in [0.05, 0.1) is 10.6 Å². The third-order valence-electron chi connectivity index (χ3n) is 2.96. The Morgan fingerprint density at radius 1 is 1.08 bits per heavy atom. The van der Waals surface area contributed by atoms with Crippen molar-refractivity contribution in [1.82, 2.24) is 20.3 Å². The lowest BCUT2D eigenvalue weighted by atomic mass is 10.3. The molecule has 0 saturated heterocycles. The number of nitrogens with zero attached hydrogens (tertiary/aromatic N) is 4. The number of aromatic nitrogens is 4. The van der Waals surface area contributed by atoms with Gasteiger partial charge in [0.25, 0.3) is 5.89 Å². The van der Waals surface area contributed by atoms with Crippen LogP contribution in [0.4, 0.5) is 10.8 Å². The Morgan fingerprint density at radius 2 is 2.00 bits per heavy atom. The summed E-state index contributed by atoms with van der Waals surface area (Å²) < 4.78 is 6.13. The molecule has 0 aliphatic carbocycles. The van der Waals surface area contributed by atoms with E-state index in [9.17, 15) is 0 Å². The average Bonchev–Trinajstić information content (AvgIpc) is 3.35. The van der Waals surface area contributed by atoms with Crippen LogP contribution in [0.1, 0.15) is 5.82 Å². The fourth-order valence-electron chi connectivity index (χ4n) is 1.90. The highest BCUT2D eigenvalue weighted by atomic mass is 32.2. The summed E-state index contributed by atoms with van der Waals surface area (Å²) in [5, 5.41) is 18.3. The Bertz CT molecular complexity index is 904. The summed E-state index contributed by atoms with van der Waals surface area (Å²) in [6.45, 7) is 0. The number of benzene rings is 1. The molecule has 0 amide bonds. The SMILES string of the molecule is c1ccc(Nc2nnc(SCc3noc(-c4cccs4)n3)s2)cc1. The minimum Gasteiger partial charge on any atom is -0.333 e. The van der Waals surface area contributed by atoms with Gasteiger partial charge in [-0.05, 0) is 23.6 Å². The number of anilines is 2. The zero-order chi connectivity index (χ0) is 16.2. The summed E-state index contributed by atoms with van der Waals surface area (Å²) in [6.07, 6.45) is 0. The Labute approximate surface area is 150 Å². The van der Waals surface area contributed by atoms with Crippen molar-refractivity contribution in [2.45, 2.75) is 10.1 Å². The lowest BCUT2D eigenvalue weighted by Gasteiger charge is -1.99. The number of hydrogen-bond acceptors (Lipinski definition) is 9. The molecule has 3 aromatic heterocycles. The van der Waals surface area contributed by atoms with Gasteiger partial charge in [-0.3, -0.25) is 0 Å². The molecule has 0 aliphatic heterocycles. The average molecular weight is 373 g/mol. The molecule has 0 unspecified atom stereocenters. The maximum atomic E-state index is 5.27. The summed E-state index contributed by atoms with van der Waals surface area (Å²) in [5.74, 6) is 1.80. The zero-order valence-corrected chi connectivity index (χ0v) is 14.7. The standard InChI is InChI=1S/C15H11N5OS3/c1-2-5-10(6-3-1)16-14-18-19-15(24-14)23-9-12-17-13(21-20-12)11-7-4-8-22-11/h1-8H,9H2,(H,16,18). The van der Waals surface area contributed by atoms with Gasteiger partial charge in [-0.25, -0.2) is 0 Å². The highest BCUT2D eigenvalue weighted by Gasteiger charge is 2.11. The molecule has 0 saturated carbocycles. The number of hydrogen-bond donors (Lipinski definition) is 1. The van der Waals surface area contributed by atoms with Crippen LogP contribution in [0.25, 0.3) is 10.8 Å². The predicted molar refractivity (Wildman–Crippen MR) is 96.8 cm³/mol. The maximum absolute atomic E-state index is 5.27. The van der Waals surface area contributed by atoms with Crippen LogP contribution in [0.2, 0.25) is 0 Å². The van der Waals surface area contributed by atoms with Crippen LogP contribution in [0, 0.1) is 0 Å². The van der Waals surface area contributed by atoms with Gasteiger partial charge in [-0.2, -0.15) is 4.98 Å². The van der Waals surface area contributed by atoms with Crippen LogP contribution in [-0.2, 0) is 5.75 Å². The van der Waals surface area contributed by atoms with Gasteiger partial charge in [0.1, 0.15) is 0 Å². The summed E-state index contributed by atoms with van der Waals surface area (Å²) in [7, 11) is 0. The molecule has 0 aliphatic rings. The molecule has 24 heavy (non-hydrogen) atoms. The Kier molecular flexibility index (Phi) is 4.54. The van der Waals surface area contributed by atoms with E-state index in [1.54, 1.807) is 11.3 Å². The lowest BCUT2D eigenvalue weighted by molar-refractivity contribution is 0.426. The van der Waals surface area contributed by atoms with Gasteiger partial charge < -0.3 is 9.84 Å². The largest absolute Gasteiger partial charge is 0.333 e. The molecule has 3 heterocycles. The molecule has 6 nitrogen and oxygen atoms in total. The van der Waals surface area contributed by atoms with Crippen LogP contribution >= 0.6 is 34.4 Å². The number of thiophene rings is 1. The highest BCUT2D eigenvalue weighted by Crippen LogP contribution is 2.30. The fraction of sp³-hybridized carbons (Fsp3) is 0.0667. The van der Waals surface area contributed by atoms with Crippen molar-refractivity contribution >= 4 is 45.3 Å². The first-order valence-electron chi connectivity index (χ1n) is 7.02. The van der Waals surface area contributed by atoms with Crippen LogP contribution in [0.3, 0.4) is 0 Å². The van der Waals surface area contributed by atoms with E-state index in [1.807, 2.05) is 47.8 Å². The number of rotatable bonds is 6. The van der Waals surface area contributed by atoms with Crippen LogP contribution in [0.5, 0.6) is 0 Å². The first-order chi connectivity index (χ1) is 11.9. The van der Waals surface area contributed by atoms with Crippen molar-refractivity contribution < 1.29 is 4.52 Å². The molecular formula is C15H11N5OS3. The minimum atomic E-state index is 0.560. The summed E-state index contributed by atoms with van der Waals surface area (Å²) in [6, 6.07) is 13.8. The van der Waals surface area contributed by atoms with E-state index in [0.29, 0.717) is 17.5 Å². The minimum absolute atomic E-state index is 0.560. The molecule has 0 spiro atoms. The lowest BCUT2D eigenvalue weighted by Crippen LogP contribution is -1.87. The number of para-hydroxylation sites is 1. The monoisotopic (exact) mass is 373 g/mol. The van der Waals surface area contributed by atoms with Crippen LogP contribution < -0.4 is 5.32 Å². The second kappa shape index (κ2) is 7.12. The molecule has 0 atom stereocenters. The van der Waals surface area contributed by atoms with Gasteiger partial charge in [0, 0.05) is 5.69 Å². The molecule has 4 aromatic rings. The van der Waals surface area contributed by atoms with E-state index < -0.39 is 0 Å². The predicted octanol–water partition coefficient (Wildman–Crippen LogP) is 4.69. The number of nitrogens with one attached hydrogen (secondary N) is 1. The van der Waals surface area contributed by atoms with Crippen molar-refractivity contribution in [2.24, 2.45) is 0 Å². The quantitative estimate of drug-likeness (QED) is 0.491. The normalized spacial score (nSPS) is 10.8. The molecule has 120 valence electrons. The third-order valence-corrected chi connectivity index (χ3v) is 5.78. The number of thioether (sulfide) groups is 1. The van der Waals surface area contributed by atoms with Gasteiger partial charge in [-0.1, -0.05) is 52.5 Å². The van der Waals surface area contributed by atoms with Gasteiger partial charge >= 0.3 is 0 Å². The topological polar surface area (TPSA) is 76.7 Å². The van der Waals surface area contributed by atoms with Gasteiger partial charge in [0.2, 0.25) is 5.13 Å². The van der Waals surface area contributed by atoms with Crippen molar-refractivity contribution in [3.05, 3.63) is 53.7 Å². The molecular weight excluding hydrogens is 362 g/mol. The van der Waals surface area contributed by atoms with E-state index in [4.69, 9.17) is 4.52 Å². The first-order valence-corrected chi connectivity index (χ1v) is 9.70. The molecule has 0 bridgehead atoms. The van der Waals surface area contributed by atoms with Crippen molar-refractivity contribution in [3.63, 3.8) is 0 Å². The summed E-state index contributed by atoms with van der Waals surface area (Å²) in [5.41, 5.74) is 0.990. The molecule has 9 heteroatoms. The van der Waals surface area contributed by atoms with Gasteiger partial charge in [-0.15, -0.1) is 21.5 Å². The molecule has 4 rings (SSSR count). The molecule has 1 aromatic carbocycles. The summed E-state index contributed by atoms with van der Waals surface area (Å²) in [4.78, 5) is 5.37. The molecule has 0 radical (unpaired) electrons. The molecule has 1 N–H and O–H groups in total. The van der Waals surface area contributed by atoms with Crippen molar-refractivity contribution in [1.29, 1.82) is 0 Å². The summed E-state index contributed by atoms with van der Waals surface area (Å²) >= 11 is 4.61. The maximum Gasteiger partial charge on any atom is 0.268 e.